The SMILES string of the molecule is O=C(OCc1ccccc1)N(c1ccc(C(F)(F)F)cc1)S(=O)(=O)C(F)(F)F. The van der Waals surface area contributed by atoms with E-state index < -0.39 is 50.0 Å². The fraction of sp³-hybridized carbons (Fsp3) is 0.188. The monoisotopic (exact) mass is 427 g/mol. The smallest absolute Gasteiger partial charge is 0.444 e. The van der Waals surface area contributed by atoms with E-state index in [2.05, 4.69) is 4.74 Å². The molecule has 0 atom stereocenters. The van der Waals surface area contributed by atoms with Crippen LogP contribution in [-0.4, -0.2) is 20.0 Å². The van der Waals surface area contributed by atoms with Gasteiger partial charge in [0.05, 0.1) is 11.3 Å². The number of hydrogen-bond donors (Lipinski definition) is 0. The van der Waals surface area contributed by atoms with E-state index in [0.717, 1.165) is 0 Å². The molecule has 28 heavy (non-hydrogen) atoms. The number of sulfonamides is 1. The number of carbonyl (C=O) groups excluding carboxylic acids is 1. The number of anilines is 1. The molecular formula is C16H11F6NO4S. The zero-order chi connectivity index (χ0) is 21.2. The number of alkyl halides is 6. The van der Waals surface area contributed by atoms with Crippen molar-refractivity contribution in [3.05, 3.63) is 65.7 Å². The molecule has 0 saturated heterocycles. The second kappa shape index (κ2) is 7.70. The molecule has 0 aliphatic carbocycles. The second-order valence-corrected chi connectivity index (χ2v) is 7.08. The molecule has 152 valence electrons. The molecule has 2 aromatic rings. The van der Waals surface area contributed by atoms with Crippen LogP contribution in [0.15, 0.2) is 54.6 Å². The van der Waals surface area contributed by atoms with Gasteiger partial charge < -0.3 is 4.74 Å². The average Bonchev–Trinajstić information content (AvgIpc) is 2.59. The van der Waals surface area contributed by atoms with E-state index in [4.69, 9.17) is 0 Å². The van der Waals surface area contributed by atoms with E-state index in [1.54, 1.807) is 18.2 Å². The van der Waals surface area contributed by atoms with Gasteiger partial charge in [-0.1, -0.05) is 30.3 Å². The number of rotatable bonds is 4. The van der Waals surface area contributed by atoms with Gasteiger partial charge in [0.2, 0.25) is 0 Å². The maximum absolute atomic E-state index is 12.9. The highest BCUT2D eigenvalue weighted by Gasteiger charge is 2.53. The van der Waals surface area contributed by atoms with Crippen LogP contribution >= 0.6 is 0 Å². The molecule has 2 aromatic carbocycles. The highest BCUT2D eigenvalue weighted by Crippen LogP contribution is 2.34. The molecule has 0 bridgehead atoms. The number of nitrogens with zero attached hydrogens (tertiary/aromatic N) is 1. The molecule has 0 N–H and O–H groups in total. The molecule has 0 fully saturated rings. The number of benzene rings is 2. The fourth-order valence-electron chi connectivity index (χ4n) is 2.01. The topological polar surface area (TPSA) is 63.7 Å². The Morgan fingerprint density at radius 2 is 1.43 bits per heavy atom. The van der Waals surface area contributed by atoms with Crippen LogP contribution < -0.4 is 4.31 Å². The molecule has 0 aliphatic heterocycles. The van der Waals surface area contributed by atoms with E-state index in [1.807, 2.05) is 0 Å². The number of ether oxygens (including phenoxy) is 1. The molecule has 0 aromatic heterocycles. The van der Waals surface area contributed by atoms with Gasteiger partial charge in [0.15, 0.2) is 0 Å². The lowest BCUT2D eigenvalue weighted by molar-refractivity contribution is -0.137. The van der Waals surface area contributed by atoms with Crippen molar-refractivity contribution in [2.75, 3.05) is 4.31 Å². The van der Waals surface area contributed by atoms with Gasteiger partial charge in [0.1, 0.15) is 6.61 Å². The van der Waals surface area contributed by atoms with Gasteiger partial charge in [0.25, 0.3) is 0 Å². The lowest BCUT2D eigenvalue weighted by Crippen LogP contribution is -2.44. The highest BCUT2D eigenvalue weighted by atomic mass is 32.2. The van der Waals surface area contributed by atoms with Gasteiger partial charge in [-0.05, 0) is 29.8 Å². The lowest BCUT2D eigenvalue weighted by atomic mass is 10.2. The first-order chi connectivity index (χ1) is 12.8. The van der Waals surface area contributed by atoms with Crippen LogP contribution in [-0.2, 0) is 27.5 Å². The first-order valence-corrected chi connectivity index (χ1v) is 8.77. The standard InChI is InChI=1S/C16H11F6NO4S/c17-15(18,19)12-6-8-13(9-7-12)23(28(25,26)16(20,21)22)14(24)27-10-11-4-2-1-3-5-11/h1-9H,10H2. The van der Waals surface area contributed by atoms with Crippen LogP contribution in [0.5, 0.6) is 0 Å². The minimum absolute atomic E-state index is 0.346. The summed E-state index contributed by atoms with van der Waals surface area (Å²) in [5, 5.41) is 0. The molecule has 12 heteroatoms. The fourth-order valence-corrected chi connectivity index (χ4v) is 2.86. The third-order valence-electron chi connectivity index (χ3n) is 3.33. The van der Waals surface area contributed by atoms with Crippen molar-refractivity contribution in [1.82, 2.24) is 0 Å². The summed E-state index contributed by atoms with van der Waals surface area (Å²) in [6.07, 6.45) is -6.72. The van der Waals surface area contributed by atoms with E-state index in [-0.39, 0.29) is 0 Å². The summed E-state index contributed by atoms with van der Waals surface area (Å²) in [7, 11) is -6.27. The summed E-state index contributed by atoms with van der Waals surface area (Å²) in [5.41, 5.74) is -7.73. The van der Waals surface area contributed by atoms with E-state index in [9.17, 15) is 39.6 Å². The first-order valence-electron chi connectivity index (χ1n) is 7.33. The Balaban J connectivity index is 2.39. The molecular weight excluding hydrogens is 416 g/mol. The Labute approximate surface area is 155 Å². The summed E-state index contributed by atoms with van der Waals surface area (Å²) >= 11 is 0. The van der Waals surface area contributed by atoms with Crippen molar-refractivity contribution in [3.63, 3.8) is 0 Å². The molecule has 2 rings (SSSR count). The van der Waals surface area contributed by atoms with Crippen LogP contribution in [0, 0.1) is 0 Å². The van der Waals surface area contributed by atoms with Crippen LogP contribution in [0.25, 0.3) is 0 Å². The van der Waals surface area contributed by atoms with Gasteiger partial charge in [-0.25, -0.2) is 4.79 Å². The summed E-state index contributed by atoms with van der Waals surface area (Å²) in [5.74, 6) is 0. The van der Waals surface area contributed by atoms with Crippen molar-refractivity contribution < 1.29 is 44.3 Å². The molecule has 0 radical (unpaired) electrons. The van der Waals surface area contributed by atoms with Crippen LogP contribution in [0.2, 0.25) is 0 Å². The van der Waals surface area contributed by atoms with Gasteiger partial charge in [-0.2, -0.15) is 39.1 Å². The molecule has 0 saturated carbocycles. The average molecular weight is 427 g/mol. The van der Waals surface area contributed by atoms with E-state index in [0.29, 0.717) is 29.8 Å². The predicted octanol–water partition coefficient (Wildman–Crippen LogP) is 4.70. The third kappa shape index (κ3) is 4.74. The predicted molar refractivity (Wildman–Crippen MR) is 85.5 cm³/mol. The summed E-state index contributed by atoms with van der Waals surface area (Å²) < 4.78 is 104. The number of hydrogen-bond acceptors (Lipinski definition) is 4. The molecule has 0 aliphatic rings. The summed E-state index contributed by atoms with van der Waals surface area (Å²) in [6.45, 7) is -0.551. The van der Waals surface area contributed by atoms with E-state index in [1.165, 1.54) is 12.1 Å². The van der Waals surface area contributed by atoms with Crippen LogP contribution in [0.3, 0.4) is 0 Å². The number of carbonyl (C=O) groups is 1. The molecule has 0 spiro atoms. The maximum atomic E-state index is 12.9. The second-order valence-electron chi connectivity index (χ2n) is 5.30. The van der Waals surface area contributed by atoms with Crippen molar-refractivity contribution >= 4 is 21.8 Å². The minimum Gasteiger partial charge on any atom is -0.444 e. The van der Waals surface area contributed by atoms with Gasteiger partial charge >= 0.3 is 27.8 Å². The van der Waals surface area contributed by atoms with Crippen molar-refractivity contribution in [3.8, 4) is 0 Å². The van der Waals surface area contributed by atoms with Crippen LogP contribution in [0.4, 0.5) is 36.8 Å². The zero-order valence-electron chi connectivity index (χ0n) is 13.7. The van der Waals surface area contributed by atoms with Gasteiger partial charge in [-0.15, -0.1) is 0 Å². The largest absolute Gasteiger partial charge is 0.517 e. The molecule has 0 unspecified atom stereocenters. The third-order valence-corrected chi connectivity index (χ3v) is 4.76. The maximum Gasteiger partial charge on any atom is 0.517 e. The Morgan fingerprint density at radius 1 is 0.893 bits per heavy atom. The molecule has 5 nitrogen and oxygen atoms in total. The molecule has 0 heterocycles. The normalized spacial score (nSPS) is 12.5. The Bertz CT molecular complexity index is 924. The number of halogens is 6. The Hall–Kier alpha value is -2.76. The van der Waals surface area contributed by atoms with Crippen molar-refractivity contribution in [1.29, 1.82) is 0 Å². The van der Waals surface area contributed by atoms with Gasteiger partial charge in [0, 0.05) is 0 Å². The number of amides is 1. The van der Waals surface area contributed by atoms with Crippen molar-refractivity contribution in [2.24, 2.45) is 0 Å². The summed E-state index contributed by atoms with van der Waals surface area (Å²) in [4.78, 5) is 12.1. The highest BCUT2D eigenvalue weighted by molar-refractivity contribution is 7.94. The lowest BCUT2D eigenvalue weighted by Gasteiger charge is -2.23. The molecule has 1 amide bonds. The Kier molecular flexibility index (Phi) is 5.92. The van der Waals surface area contributed by atoms with E-state index >= 15 is 0 Å². The Morgan fingerprint density at radius 3 is 1.89 bits per heavy atom. The minimum atomic E-state index is -6.27. The summed E-state index contributed by atoms with van der Waals surface area (Å²) in [6, 6.07) is 9.19. The first kappa shape index (κ1) is 21.5. The van der Waals surface area contributed by atoms with Crippen molar-refractivity contribution in [2.45, 2.75) is 18.3 Å². The zero-order valence-corrected chi connectivity index (χ0v) is 14.5. The quantitative estimate of drug-likeness (QED) is 0.664. The van der Waals surface area contributed by atoms with Crippen LogP contribution in [0.1, 0.15) is 11.1 Å². The van der Waals surface area contributed by atoms with Gasteiger partial charge in [-0.3, -0.25) is 0 Å².